The van der Waals surface area contributed by atoms with Crippen molar-refractivity contribution in [2.24, 2.45) is 0 Å². The molecule has 0 aliphatic carbocycles. The lowest BCUT2D eigenvalue weighted by atomic mass is 10.1. The zero-order valence-electron chi connectivity index (χ0n) is 12.4. The highest BCUT2D eigenvalue weighted by atomic mass is 16.1. The Morgan fingerprint density at radius 3 is 2.50 bits per heavy atom. The minimum absolute atomic E-state index is 0.0593. The van der Waals surface area contributed by atoms with Gasteiger partial charge in [0.1, 0.15) is 11.6 Å². The molecule has 1 aliphatic rings. The minimum atomic E-state index is -0.384. The van der Waals surface area contributed by atoms with Crippen LogP contribution in [0.15, 0.2) is 35.1 Å². The van der Waals surface area contributed by atoms with E-state index in [-0.39, 0.29) is 11.1 Å². The number of nitriles is 1. The summed E-state index contributed by atoms with van der Waals surface area (Å²) < 4.78 is 0. The fraction of sp³-hybridized carbons (Fsp3) is 0.312. The molecule has 6 nitrogen and oxygen atoms in total. The molecular formula is C16H17N5O. The van der Waals surface area contributed by atoms with Crippen molar-refractivity contribution in [2.45, 2.75) is 0 Å². The number of anilines is 1. The Kier molecular flexibility index (Phi) is 3.90. The molecule has 0 radical (unpaired) electrons. The van der Waals surface area contributed by atoms with Gasteiger partial charge in [0, 0.05) is 31.7 Å². The van der Waals surface area contributed by atoms with Crippen LogP contribution in [0.1, 0.15) is 5.56 Å². The van der Waals surface area contributed by atoms with Crippen molar-refractivity contribution in [3.8, 4) is 17.3 Å². The molecule has 0 unspecified atom stereocenters. The lowest BCUT2D eigenvalue weighted by Crippen LogP contribution is -2.45. The topological polar surface area (TPSA) is 76.0 Å². The van der Waals surface area contributed by atoms with Gasteiger partial charge in [-0.3, -0.25) is 9.78 Å². The van der Waals surface area contributed by atoms with E-state index in [4.69, 9.17) is 0 Å². The molecule has 1 aromatic heterocycles. The summed E-state index contributed by atoms with van der Waals surface area (Å²) in [6.45, 7) is 3.45. The fourth-order valence-electron chi connectivity index (χ4n) is 2.54. The first kappa shape index (κ1) is 14.3. The van der Waals surface area contributed by atoms with Gasteiger partial charge >= 0.3 is 0 Å². The van der Waals surface area contributed by atoms with E-state index in [9.17, 15) is 10.1 Å². The van der Waals surface area contributed by atoms with E-state index in [1.165, 1.54) is 0 Å². The van der Waals surface area contributed by atoms with Crippen molar-refractivity contribution in [3.63, 3.8) is 0 Å². The van der Waals surface area contributed by atoms with Crippen molar-refractivity contribution in [3.05, 3.63) is 46.2 Å². The summed E-state index contributed by atoms with van der Waals surface area (Å²) in [5, 5.41) is 9.27. The van der Waals surface area contributed by atoms with Gasteiger partial charge in [-0.2, -0.15) is 5.26 Å². The van der Waals surface area contributed by atoms with Crippen LogP contribution < -0.4 is 10.5 Å². The predicted molar refractivity (Wildman–Crippen MR) is 84.7 cm³/mol. The molecule has 1 fully saturated rings. The van der Waals surface area contributed by atoms with Crippen LogP contribution in [0.3, 0.4) is 0 Å². The maximum Gasteiger partial charge on any atom is 0.270 e. The Morgan fingerprint density at radius 1 is 1.18 bits per heavy atom. The van der Waals surface area contributed by atoms with Crippen molar-refractivity contribution in [1.82, 2.24) is 14.9 Å². The van der Waals surface area contributed by atoms with Gasteiger partial charge in [0.25, 0.3) is 5.56 Å². The molecule has 0 spiro atoms. The third-order valence-corrected chi connectivity index (χ3v) is 3.87. The number of nitrogens with one attached hydrogen (secondary N) is 1. The van der Waals surface area contributed by atoms with Crippen molar-refractivity contribution >= 4 is 5.95 Å². The number of H-pyrrole nitrogens is 1. The predicted octanol–water partition coefficient (Wildman–Crippen LogP) is 1.06. The number of rotatable bonds is 2. The van der Waals surface area contributed by atoms with Crippen molar-refractivity contribution < 1.29 is 0 Å². The molecule has 1 aliphatic heterocycles. The maximum atomic E-state index is 12.2. The first-order chi connectivity index (χ1) is 10.7. The van der Waals surface area contributed by atoms with Crippen LogP contribution in [0.4, 0.5) is 5.95 Å². The van der Waals surface area contributed by atoms with E-state index < -0.39 is 0 Å². The molecule has 1 saturated heterocycles. The van der Waals surface area contributed by atoms with Crippen molar-refractivity contribution in [2.75, 3.05) is 38.1 Å². The first-order valence-electron chi connectivity index (χ1n) is 7.22. The molecule has 2 heterocycles. The Hall–Kier alpha value is -2.65. The number of likely N-dealkylation sites (N-methyl/N-ethyl adjacent to an activating group) is 1. The number of benzene rings is 1. The lowest BCUT2D eigenvalue weighted by molar-refractivity contribution is 0.311. The van der Waals surface area contributed by atoms with E-state index in [2.05, 4.69) is 26.8 Å². The molecule has 1 aromatic carbocycles. The van der Waals surface area contributed by atoms with Gasteiger partial charge < -0.3 is 9.80 Å². The zero-order valence-corrected chi connectivity index (χ0v) is 12.4. The van der Waals surface area contributed by atoms with E-state index >= 15 is 0 Å². The number of hydrogen-bond donors (Lipinski definition) is 1. The molecule has 0 atom stereocenters. The zero-order chi connectivity index (χ0) is 15.5. The molecule has 3 rings (SSSR count). The van der Waals surface area contributed by atoms with Crippen LogP contribution in [0.5, 0.6) is 0 Å². The molecule has 2 aromatic rings. The Morgan fingerprint density at radius 2 is 1.86 bits per heavy atom. The van der Waals surface area contributed by atoms with Gasteiger partial charge in [0.05, 0.1) is 5.69 Å². The van der Waals surface area contributed by atoms with Crippen LogP contribution >= 0.6 is 0 Å². The number of aromatic nitrogens is 2. The van der Waals surface area contributed by atoms with Gasteiger partial charge in [-0.25, -0.2) is 4.98 Å². The van der Waals surface area contributed by atoms with E-state index in [1.54, 1.807) is 0 Å². The number of nitrogens with zero attached hydrogens (tertiary/aromatic N) is 4. The minimum Gasteiger partial charge on any atom is -0.340 e. The second kappa shape index (κ2) is 6.00. The summed E-state index contributed by atoms with van der Waals surface area (Å²) >= 11 is 0. The Balaban J connectivity index is 2.06. The maximum absolute atomic E-state index is 12.2. The summed E-state index contributed by atoms with van der Waals surface area (Å²) in [6.07, 6.45) is 0. The smallest absolute Gasteiger partial charge is 0.270 e. The van der Waals surface area contributed by atoms with Crippen LogP contribution in [0, 0.1) is 11.3 Å². The van der Waals surface area contributed by atoms with Crippen LogP contribution in [-0.4, -0.2) is 48.1 Å². The summed E-state index contributed by atoms with van der Waals surface area (Å²) in [6, 6.07) is 11.3. The van der Waals surface area contributed by atoms with E-state index in [0.717, 1.165) is 31.7 Å². The van der Waals surface area contributed by atoms with Crippen LogP contribution in [-0.2, 0) is 0 Å². The third kappa shape index (κ3) is 2.71. The largest absolute Gasteiger partial charge is 0.340 e. The Bertz CT molecular complexity index is 754. The average Bonchev–Trinajstić information content (AvgIpc) is 2.55. The molecule has 112 valence electrons. The molecule has 1 N–H and O–H groups in total. The van der Waals surface area contributed by atoms with Gasteiger partial charge in [0.2, 0.25) is 5.95 Å². The van der Waals surface area contributed by atoms with Crippen LogP contribution in [0.25, 0.3) is 11.3 Å². The van der Waals surface area contributed by atoms with Gasteiger partial charge in [-0.15, -0.1) is 0 Å². The second-order valence-electron chi connectivity index (χ2n) is 5.38. The summed E-state index contributed by atoms with van der Waals surface area (Å²) in [7, 11) is 2.07. The number of hydrogen-bond acceptors (Lipinski definition) is 5. The number of aromatic amines is 1. The number of piperazine rings is 1. The van der Waals surface area contributed by atoms with E-state index in [1.807, 2.05) is 36.4 Å². The molecule has 22 heavy (non-hydrogen) atoms. The SMILES string of the molecule is CN1CCN(c2nc(-c3ccccc3)c(C#N)c(=O)[nH]2)CC1. The first-order valence-corrected chi connectivity index (χ1v) is 7.22. The lowest BCUT2D eigenvalue weighted by Gasteiger charge is -2.32. The van der Waals surface area contributed by atoms with Gasteiger partial charge in [-0.1, -0.05) is 30.3 Å². The van der Waals surface area contributed by atoms with Crippen molar-refractivity contribution in [1.29, 1.82) is 5.26 Å². The highest BCUT2D eigenvalue weighted by Gasteiger charge is 2.19. The highest BCUT2D eigenvalue weighted by molar-refractivity contribution is 5.67. The molecular weight excluding hydrogens is 278 g/mol. The van der Waals surface area contributed by atoms with Gasteiger partial charge in [-0.05, 0) is 7.05 Å². The van der Waals surface area contributed by atoms with Gasteiger partial charge in [0.15, 0.2) is 0 Å². The van der Waals surface area contributed by atoms with E-state index in [0.29, 0.717) is 11.6 Å². The summed E-state index contributed by atoms with van der Waals surface area (Å²) in [5.41, 5.74) is 0.899. The molecule has 6 heteroatoms. The van der Waals surface area contributed by atoms with Crippen LogP contribution in [0.2, 0.25) is 0 Å². The summed E-state index contributed by atoms with van der Waals surface area (Å²) in [4.78, 5) is 23.8. The Labute approximate surface area is 128 Å². The normalized spacial score (nSPS) is 15.5. The highest BCUT2D eigenvalue weighted by Crippen LogP contribution is 2.21. The monoisotopic (exact) mass is 295 g/mol. The third-order valence-electron chi connectivity index (χ3n) is 3.87. The fourth-order valence-corrected chi connectivity index (χ4v) is 2.54. The summed E-state index contributed by atoms with van der Waals surface area (Å²) in [5.74, 6) is 0.538. The average molecular weight is 295 g/mol. The standard InChI is InChI=1S/C16H17N5O/c1-20-7-9-21(10-8-20)16-18-14(12-5-3-2-4-6-12)13(11-17)15(22)19-16/h2-6H,7-10H2,1H3,(H,18,19,22). The molecule has 0 amide bonds. The molecule has 0 saturated carbocycles. The second-order valence-corrected chi connectivity index (χ2v) is 5.38. The molecule has 0 bridgehead atoms. The quantitative estimate of drug-likeness (QED) is 0.896.